The quantitative estimate of drug-likeness (QED) is 0.677. The fourth-order valence-corrected chi connectivity index (χ4v) is 3.58. The van der Waals surface area contributed by atoms with Crippen LogP contribution in [0.5, 0.6) is 0 Å². The van der Waals surface area contributed by atoms with Gasteiger partial charge in [-0.2, -0.15) is 5.10 Å². The van der Waals surface area contributed by atoms with Crippen LogP contribution in [0, 0.1) is 5.92 Å². The lowest BCUT2D eigenvalue weighted by Gasteiger charge is -2.16. The fourth-order valence-electron chi connectivity index (χ4n) is 3.58. The molecule has 1 unspecified atom stereocenters. The number of aromatic nitrogens is 2. The van der Waals surface area contributed by atoms with Crippen LogP contribution < -0.4 is 5.32 Å². The van der Waals surface area contributed by atoms with Gasteiger partial charge >= 0.3 is 0 Å². The molecule has 0 saturated carbocycles. The Hall–Kier alpha value is -3.41. The van der Waals surface area contributed by atoms with E-state index >= 15 is 0 Å². The first kappa shape index (κ1) is 18.9. The molecule has 6 heteroatoms. The third kappa shape index (κ3) is 4.90. The van der Waals surface area contributed by atoms with Crippen molar-refractivity contribution in [3.63, 3.8) is 0 Å². The molecule has 4 rings (SSSR count). The predicted molar refractivity (Wildman–Crippen MR) is 110 cm³/mol. The number of likely N-dealkylation sites (tertiary alicyclic amines) is 1. The van der Waals surface area contributed by atoms with Gasteiger partial charge in [0.25, 0.3) is 0 Å². The molecule has 0 aliphatic carbocycles. The van der Waals surface area contributed by atoms with E-state index in [2.05, 4.69) is 10.4 Å². The molecular formula is C23H24N4O2. The number of hydrogen-bond donors (Lipinski definition) is 1. The molecule has 1 fully saturated rings. The molecule has 0 radical (unpaired) electrons. The minimum absolute atomic E-state index is 0.0389. The van der Waals surface area contributed by atoms with Crippen molar-refractivity contribution in [1.82, 2.24) is 20.0 Å². The third-order valence-electron chi connectivity index (χ3n) is 5.20. The van der Waals surface area contributed by atoms with Gasteiger partial charge in [-0.3, -0.25) is 14.3 Å². The van der Waals surface area contributed by atoms with Crippen molar-refractivity contribution in [3.05, 3.63) is 89.7 Å². The molecule has 6 nitrogen and oxygen atoms in total. The molecule has 148 valence electrons. The summed E-state index contributed by atoms with van der Waals surface area (Å²) in [6.07, 6.45) is 3.97. The highest BCUT2D eigenvalue weighted by Gasteiger charge is 2.34. The SMILES string of the molecule is O=C(NCc1ccc(Cn2cccn2)cc1)C1CC(=O)N(Cc2ccccc2)C1. The highest BCUT2D eigenvalue weighted by atomic mass is 16.2. The first-order valence-electron chi connectivity index (χ1n) is 9.82. The van der Waals surface area contributed by atoms with E-state index < -0.39 is 0 Å². The number of benzene rings is 2. The number of nitrogens with zero attached hydrogens (tertiary/aromatic N) is 3. The van der Waals surface area contributed by atoms with Gasteiger partial charge in [-0.1, -0.05) is 54.6 Å². The van der Waals surface area contributed by atoms with E-state index in [0.29, 0.717) is 19.6 Å². The van der Waals surface area contributed by atoms with Crippen LogP contribution in [-0.4, -0.2) is 33.0 Å². The van der Waals surface area contributed by atoms with Gasteiger partial charge in [0.15, 0.2) is 0 Å². The molecule has 2 heterocycles. The lowest BCUT2D eigenvalue weighted by atomic mass is 10.1. The van der Waals surface area contributed by atoms with Gasteiger partial charge in [-0.25, -0.2) is 0 Å². The number of hydrogen-bond acceptors (Lipinski definition) is 3. The molecule has 0 bridgehead atoms. The average molecular weight is 388 g/mol. The maximum Gasteiger partial charge on any atom is 0.225 e. The van der Waals surface area contributed by atoms with Gasteiger partial charge in [0.2, 0.25) is 11.8 Å². The summed E-state index contributed by atoms with van der Waals surface area (Å²) in [4.78, 5) is 26.6. The van der Waals surface area contributed by atoms with Crippen molar-refractivity contribution < 1.29 is 9.59 Å². The second kappa shape index (κ2) is 8.73. The normalized spacial score (nSPS) is 16.2. The van der Waals surface area contributed by atoms with Crippen LogP contribution in [0.4, 0.5) is 0 Å². The van der Waals surface area contributed by atoms with E-state index in [-0.39, 0.29) is 24.2 Å². The van der Waals surface area contributed by atoms with Crippen LogP contribution in [0.3, 0.4) is 0 Å². The number of carbonyl (C=O) groups excluding carboxylic acids is 2. The standard InChI is InChI=1S/C23H24N4O2/c28-22-13-21(17-26(22)15-19-5-2-1-3-6-19)23(29)24-14-18-7-9-20(10-8-18)16-27-12-4-11-25-27/h1-12,21H,13-17H2,(H,24,29). The summed E-state index contributed by atoms with van der Waals surface area (Å²) >= 11 is 0. The van der Waals surface area contributed by atoms with Crippen LogP contribution in [0.25, 0.3) is 0 Å². The Morgan fingerprint density at radius 1 is 0.966 bits per heavy atom. The predicted octanol–water partition coefficient (Wildman–Crippen LogP) is 2.60. The monoisotopic (exact) mass is 388 g/mol. The van der Waals surface area contributed by atoms with E-state index in [9.17, 15) is 9.59 Å². The molecule has 1 saturated heterocycles. The lowest BCUT2D eigenvalue weighted by molar-refractivity contribution is -0.129. The average Bonchev–Trinajstić information content (AvgIpc) is 3.38. The van der Waals surface area contributed by atoms with Crippen LogP contribution in [-0.2, 0) is 29.2 Å². The Bertz CT molecular complexity index is 952. The zero-order chi connectivity index (χ0) is 20.1. The Morgan fingerprint density at radius 2 is 1.69 bits per heavy atom. The minimum Gasteiger partial charge on any atom is -0.352 e. The molecule has 1 aliphatic heterocycles. The minimum atomic E-state index is -0.287. The Kier molecular flexibility index (Phi) is 5.70. The molecule has 0 spiro atoms. The van der Waals surface area contributed by atoms with E-state index in [1.165, 1.54) is 0 Å². The topological polar surface area (TPSA) is 67.2 Å². The van der Waals surface area contributed by atoms with Crippen molar-refractivity contribution >= 4 is 11.8 Å². The molecule has 29 heavy (non-hydrogen) atoms. The largest absolute Gasteiger partial charge is 0.352 e. The van der Waals surface area contributed by atoms with E-state index in [1.54, 1.807) is 11.1 Å². The van der Waals surface area contributed by atoms with Gasteiger partial charge < -0.3 is 10.2 Å². The molecule has 1 aliphatic rings. The number of rotatable bonds is 7. The van der Waals surface area contributed by atoms with Gasteiger partial charge in [-0.15, -0.1) is 0 Å². The van der Waals surface area contributed by atoms with E-state index in [4.69, 9.17) is 0 Å². The molecule has 1 aromatic heterocycles. The highest BCUT2D eigenvalue weighted by molar-refractivity contribution is 5.89. The first-order chi connectivity index (χ1) is 14.2. The molecule has 3 aromatic rings. The summed E-state index contributed by atoms with van der Waals surface area (Å²) in [6, 6.07) is 19.9. The van der Waals surface area contributed by atoms with E-state index in [0.717, 1.165) is 23.2 Å². The summed E-state index contributed by atoms with van der Waals surface area (Å²) in [5.74, 6) is -0.309. The van der Waals surface area contributed by atoms with Gasteiger partial charge in [-0.05, 0) is 22.8 Å². The Balaban J connectivity index is 1.27. The van der Waals surface area contributed by atoms with Crippen LogP contribution in [0.1, 0.15) is 23.1 Å². The maximum atomic E-state index is 12.5. The summed E-state index contributed by atoms with van der Waals surface area (Å²) in [6.45, 7) is 2.22. The Morgan fingerprint density at radius 3 is 2.41 bits per heavy atom. The molecule has 2 aromatic carbocycles. The number of amides is 2. The zero-order valence-corrected chi connectivity index (χ0v) is 16.2. The zero-order valence-electron chi connectivity index (χ0n) is 16.2. The number of carbonyl (C=O) groups is 2. The van der Waals surface area contributed by atoms with Crippen molar-refractivity contribution in [2.75, 3.05) is 6.54 Å². The molecular weight excluding hydrogens is 364 g/mol. The fraction of sp³-hybridized carbons (Fsp3) is 0.261. The van der Waals surface area contributed by atoms with Crippen LogP contribution in [0.15, 0.2) is 73.1 Å². The van der Waals surface area contributed by atoms with Crippen molar-refractivity contribution in [2.24, 2.45) is 5.92 Å². The summed E-state index contributed by atoms with van der Waals surface area (Å²) in [7, 11) is 0. The highest BCUT2D eigenvalue weighted by Crippen LogP contribution is 2.20. The van der Waals surface area contributed by atoms with Gasteiger partial charge in [0, 0.05) is 38.4 Å². The summed E-state index contributed by atoms with van der Waals surface area (Å²) in [5.41, 5.74) is 3.27. The molecule has 1 N–H and O–H groups in total. The molecule has 1 atom stereocenters. The van der Waals surface area contributed by atoms with Crippen LogP contribution in [0.2, 0.25) is 0 Å². The first-order valence-corrected chi connectivity index (χ1v) is 9.82. The smallest absolute Gasteiger partial charge is 0.225 e. The summed E-state index contributed by atoms with van der Waals surface area (Å²) in [5, 5.41) is 7.18. The van der Waals surface area contributed by atoms with Crippen molar-refractivity contribution in [3.8, 4) is 0 Å². The summed E-state index contributed by atoms with van der Waals surface area (Å²) < 4.78 is 1.87. The second-order valence-corrected chi connectivity index (χ2v) is 7.40. The van der Waals surface area contributed by atoms with Crippen molar-refractivity contribution in [2.45, 2.75) is 26.1 Å². The van der Waals surface area contributed by atoms with Crippen LogP contribution >= 0.6 is 0 Å². The Labute approximate surface area is 170 Å². The van der Waals surface area contributed by atoms with Crippen molar-refractivity contribution in [1.29, 1.82) is 0 Å². The third-order valence-corrected chi connectivity index (χ3v) is 5.20. The van der Waals surface area contributed by atoms with E-state index in [1.807, 2.05) is 71.5 Å². The molecule has 2 amide bonds. The maximum absolute atomic E-state index is 12.5. The van der Waals surface area contributed by atoms with Gasteiger partial charge in [0.1, 0.15) is 0 Å². The number of nitrogens with one attached hydrogen (secondary N) is 1. The van der Waals surface area contributed by atoms with Gasteiger partial charge in [0.05, 0.1) is 12.5 Å². The lowest BCUT2D eigenvalue weighted by Crippen LogP contribution is -2.32. The second-order valence-electron chi connectivity index (χ2n) is 7.40.